The Morgan fingerprint density at radius 1 is 0.972 bits per heavy atom. The van der Waals surface area contributed by atoms with Crippen LogP contribution in [0.5, 0.6) is 5.75 Å². The van der Waals surface area contributed by atoms with E-state index >= 15 is 0 Å². The monoisotopic (exact) mass is 482 g/mol. The van der Waals surface area contributed by atoms with Crippen LogP contribution in [0.25, 0.3) is 16.7 Å². The molecular formula is C28H22N2O6. The topological polar surface area (TPSA) is 109 Å². The lowest BCUT2D eigenvalue weighted by Gasteiger charge is -2.26. The summed E-state index contributed by atoms with van der Waals surface area (Å²) in [5, 5.41) is 12.2. The van der Waals surface area contributed by atoms with Crippen LogP contribution in [-0.4, -0.2) is 42.0 Å². The number of hydrogen-bond acceptors (Lipinski definition) is 6. The van der Waals surface area contributed by atoms with Gasteiger partial charge in [0.1, 0.15) is 11.5 Å². The van der Waals surface area contributed by atoms with E-state index < -0.39 is 23.7 Å². The molecule has 1 aromatic heterocycles. The number of Topliss-reactive ketones (excluding diaryl/α,β-unsaturated/α-hetero) is 1. The van der Waals surface area contributed by atoms with E-state index in [4.69, 9.17) is 9.47 Å². The smallest absolute Gasteiger partial charge is 0.337 e. The summed E-state index contributed by atoms with van der Waals surface area (Å²) in [5.74, 6) is -2.15. The number of anilines is 1. The zero-order valence-corrected chi connectivity index (χ0v) is 19.5. The number of carbonyl (C=O) groups is 3. The van der Waals surface area contributed by atoms with Crippen LogP contribution >= 0.6 is 0 Å². The summed E-state index contributed by atoms with van der Waals surface area (Å²) in [7, 11) is 2.75. The molecule has 1 aliphatic heterocycles. The number of methoxy groups -OCH3 is 2. The molecule has 1 unspecified atom stereocenters. The van der Waals surface area contributed by atoms with Crippen LogP contribution in [0.1, 0.15) is 27.5 Å². The molecule has 8 heteroatoms. The molecular weight excluding hydrogens is 460 g/mol. The number of H-pyrrole nitrogens is 1. The number of nitrogens with zero attached hydrogens (tertiary/aromatic N) is 1. The maximum Gasteiger partial charge on any atom is 0.337 e. The molecule has 1 fully saturated rings. The number of benzene rings is 3. The Labute approximate surface area is 206 Å². The summed E-state index contributed by atoms with van der Waals surface area (Å²) in [5.41, 5.74) is 2.10. The number of aliphatic hydroxyl groups is 1. The number of amides is 1. The van der Waals surface area contributed by atoms with Crippen molar-refractivity contribution in [1.29, 1.82) is 0 Å². The number of hydrogen-bond donors (Lipinski definition) is 2. The zero-order chi connectivity index (χ0) is 25.4. The minimum atomic E-state index is -1.01. The molecule has 1 saturated heterocycles. The van der Waals surface area contributed by atoms with Crippen LogP contribution < -0.4 is 9.64 Å². The SMILES string of the molecule is COC(=O)c1cccc(N2C(=O)C(=O)/C(=C(/O)c3c[nH]c4ccccc34)C2c2ccccc2OC)c1. The Morgan fingerprint density at radius 3 is 2.50 bits per heavy atom. The molecule has 8 nitrogen and oxygen atoms in total. The van der Waals surface area contributed by atoms with Crippen molar-refractivity contribution in [3.05, 3.63) is 101 Å². The molecule has 0 saturated carbocycles. The summed E-state index contributed by atoms with van der Waals surface area (Å²) in [6, 6.07) is 19.5. The highest BCUT2D eigenvalue weighted by Gasteiger charge is 2.48. The van der Waals surface area contributed by atoms with Gasteiger partial charge in [0, 0.05) is 33.9 Å². The Morgan fingerprint density at radius 2 is 1.72 bits per heavy atom. The van der Waals surface area contributed by atoms with E-state index in [1.54, 1.807) is 48.7 Å². The lowest BCUT2D eigenvalue weighted by atomic mass is 9.94. The van der Waals surface area contributed by atoms with Gasteiger partial charge in [0.05, 0.1) is 31.4 Å². The maximum absolute atomic E-state index is 13.5. The second-order valence-electron chi connectivity index (χ2n) is 8.20. The number of aromatic nitrogens is 1. The number of ketones is 1. The first-order valence-electron chi connectivity index (χ1n) is 11.1. The molecule has 0 spiro atoms. The molecule has 1 atom stereocenters. The molecule has 36 heavy (non-hydrogen) atoms. The van der Waals surface area contributed by atoms with Crippen molar-refractivity contribution in [3.63, 3.8) is 0 Å². The fourth-order valence-corrected chi connectivity index (χ4v) is 4.60. The van der Waals surface area contributed by atoms with E-state index in [9.17, 15) is 19.5 Å². The summed E-state index contributed by atoms with van der Waals surface area (Å²) >= 11 is 0. The number of para-hydroxylation sites is 2. The Balaban J connectivity index is 1.77. The van der Waals surface area contributed by atoms with Crippen molar-refractivity contribution in [3.8, 4) is 5.75 Å². The molecule has 180 valence electrons. The van der Waals surface area contributed by atoms with Gasteiger partial charge in [0.2, 0.25) is 0 Å². The fourth-order valence-electron chi connectivity index (χ4n) is 4.60. The summed E-state index contributed by atoms with van der Waals surface area (Å²) < 4.78 is 10.4. The third-order valence-electron chi connectivity index (χ3n) is 6.27. The molecule has 2 N–H and O–H groups in total. The molecule has 0 aliphatic carbocycles. The Hall–Kier alpha value is -4.85. The van der Waals surface area contributed by atoms with E-state index in [0.29, 0.717) is 28.0 Å². The first-order chi connectivity index (χ1) is 17.5. The average molecular weight is 482 g/mol. The Bertz CT molecular complexity index is 1550. The van der Waals surface area contributed by atoms with Gasteiger partial charge in [-0.15, -0.1) is 0 Å². The van der Waals surface area contributed by atoms with Gasteiger partial charge in [-0.05, 0) is 30.3 Å². The quantitative estimate of drug-likeness (QED) is 0.186. The third kappa shape index (κ3) is 3.60. The van der Waals surface area contributed by atoms with Gasteiger partial charge in [-0.25, -0.2) is 4.79 Å². The van der Waals surface area contributed by atoms with Gasteiger partial charge in [-0.3, -0.25) is 14.5 Å². The maximum atomic E-state index is 13.5. The van der Waals surface area contributed by atoms with Crippen LogP contribution in [0.4, 0.5) is 5.69 Å². The van der Waals surface area contributed by atoms with Crippen molar-refractivity contribution >= 4 is 40.0 Å². The highest BCUT2D eigenvalue weighted by atomic mass is 16.5. The van der Waals surface area contributed by atoms with Gasteiger partial charge in [0.25, 0.3) is 11.7 Å². The second-order valence-corrected chi connectivity index (χ2v) is 8.20. The first-order valence-corrected chi connectivity index (χ1v) is 11.1. The largest absolute Gasteiger partial charge is 0.507 e. The lowest BCUT2D eigenvalue weighted by Crippen LogP contribution is -2.29. The molecule has 3 aromatic carbocycles. The standard InChI is InChI=1S/C28H22N2O6/c1-35-22-13-6-4-11-19(22)24-23(25(31)20-15-29-21-12-5-3-10-18(20)21)26(32)27(33)30(24)17-9-7-8-16(14-17)28(34)36-2/h3-15,24,29,31H,1-2H3/b25-23+. The van der Waals surface area contributed by atoms with Crippen LogP contribution in [0.2, 0.25) is 0 Å². The highest BCUT2D eigenvalue weighted by Crippen LogP contribution is 2.45. The number of rotatable bonds is 5. The minimum Gasteiger partial charge on any atom is -0.507 e. The number of fused-ring (bicyclic) bond motifs is 1. The molecule has 0 radical (unpaired) electrons. The normalized spacial score (nSPS) is 16.9. The van der Waals surface area contributed by atoms with Crippen molar-refractivity contribution in [1.82, 2.24) is 4.98 Å². The van der Waals surface area contributed by atoms with Crippen molar-refractivity contribution < 1.29 is 29.0 Å². The van der Waals surface area contributed by atoms with E-state index in [2.05, 4.69) is 4.98 Å². The van der Waals surface area contributed by atoms with Crippen molar-refractivity contribution in [2.24, 2.45) is 0 Å². The minimum absolute atomic E-state index is 0.0854. The number of aromatic amines is 1. The highest BCUT2D eigenvalue weighted by molar-refractivity contribution is 6.52. The Kier molecular flexibility index (Phi) is 5.77. The molecule has 2 heterocycles. The predicted octanol–water partition coefficient (Wildman–Crippen LogP) is 4.59. The molecule has 1 amide bonds. The van der Waals surface area contributed by atoms with Gasteiger partial charge in [-0.2, -0.15) is 0 Å². The lowest BCUT2D eigenvalue weighted by molar-refractivity contribution is -0.132. The number of ether oxygens (including phenoxy) is 2. The molecule has 5 rings (SSSR count). The van der Waals surface area contributed by atoms with E-state index in [1.165, 1.54) is 25.2 Å². The molecule has 4 aromatic rings. The number of aliphatic hydroxyl groups excluding tert-OH is 1. The molecule has 0 bridgehead atoms. The van der Waals surface area contributed by atoms with E-state index in [0.717, 1.165) is 5.52 Å². The van der Waals surface area contributed by atoms with Gasteiger partial charge < -0.3 is 19.6 Å². The van der Waals surface area contributed by atoms with E-state index in [1.807, 2.05) is 24.3 Å². The molecule has 1 aliphatic rings. The zero-order valence-electron chi connectivity index (χ0n) is 19.5. The summed E-state index contributed by atoms with van der Waals surface area (Å²) in [6.07, 6.45) is 1.60. The number of carbonyl (C=O) groups excluding carboxylic acids is 3. The van der Waals surface area contributed by atoms with Gasteiger partial charge in [-0.1, -0.05) is 42.5 Å². The number of nitrogens with one attached hydrogen (secondary N) is 1. The predicted molar refractivity (Wildman–Crippen MR) is 134 cm³/mol. The first kappa shape index (κ1) is 22.9. The second kappa shape index (κ2) is 9.07. The van der Waals surface area contributed by atoms with Gasteiger partial charge in [0.15, 0.2) is 0 Å². The van der Waals surface area contributed by atoms with Gasteiger partial charge >= 0.3 is 5.97 Å². The van der Waals surface area contributed by atoms with E-state index in [-0.39, 0.29) is 16.9 Å². The summed E-state index contributed by atoms with van der Waals surface area (Å²) in [6.45, 7) is 0. The average Bonchev–Trinajstić information content (AvgIpc) is 3.46. The van der Waals surface area contributed by atoms with Crippen molar-refractivity contribution in [2.45, 2.75) is 6.04 Å². The van der Waals surface area contributed by atoms with Crippen LogP contribution in [0.3, 0.4) is 0 Å². The van der Waals surface area contributed by atoms with Crippen LogP contribution in [-0.2, 0) is 14.3 Å². The van der Waals surface area contributed by atoms with Crippen LogP contribution in [0.15, 0.2) is 84.6 Å². The fraction of sp³-hybridized carbons (Fsp3) is 0.107. The van der Waals surface area contributed by atoms with Crippen molar-refractivity contribution in [2.75, 3.05) is 19.1 Å². The third-order valence-corrected chi connectivity index (χ3v) is 6.27. The van der Waals surface area contributed by atoms with Crippen LogP contribution in [0, 0.1) is 0 Å². The number of esters is 1. The summed E-state index contributed by atoms with van der Waals surface area (Å²) in [4.78, 5) is 43.4.